The number of aromatic nitrogens is 1. The second kappa shape index (κ2) is 6.71. The Morgan fingerprint density at radius 3 is 2.67 bits per heavy atom. The molecule has 122 valence electrons. The van der Waals surface area contributed by atoms with E-state index in [1.54, 1.807) is 0 Å². The first-order valence-electron chi connectivity index (χ1n) is 8.65. The lowest BCUT2D eigenvalue weighted by molar-refractivity contribution is 0.0922. The molecule has 2 N–H and O–H groups in total. The molecule has 3 nitrogen and oxygen atoms in total. The summed E-state index contributed by atoms with van der Waals surface area (Å²) in [5.41, 5.74) is 4.32. The zero-order valence-corrected chi connectivity index (χ0v) is 13.7. The van der Waals surface area contributed by atoms with Gasteiger partial charge in [0.2, 0.25) is 0 Å². The van der Waals surface area contributed by atoms with Crippen molar-refractivity contribution in [2.24, 2.45) is 5.92 Å². The first-order chi connectivity index (χ1) is 11.8. The van der Waals surface area contributed by atoms with E-state index >= 15 is 0 Å². The Morgan fingerprint density at radius 2 is 1.88 bits per heavy atom. The third kappa shape index (κ3) is 3.05. The van der Waals surface area contributed by atoms with Crippen LogP contribution in [0.25, 0.3) is 22.0 Å². The van der Waals surface area contributed by atoms with Crippen molar-refractivity contribution < 1.29 is 5.11 Å². The second-order valence-corrected chi connectivity index (χ2v) is 6.58. The van der Waals surface area contributed by atoms with E-state index in [0.717, 1.165) is 53.5 Å². The lowest BCUT2D eigenvalue weighted by atomic mass is 9.89. The van der Waals surface area contributed by atoms with Crippen LogP contribution in [0.4, 0.5) is 0 Å². The maximum Gasteiger partial charge on any atom is 0.0830 e. The topological polar surface area (TPSA) is 45.2 Å². The van der Waals surface area contributed by atoms with Crippen LogP contribution in [0.1, 0.15) is 24.5 Å². The Labute approximate surface area is 142 Å². The smallest absolute Gasteiger partial charge is 0.0830 e. The molecule has 1 aromatic heterocycles. The molecule has 3 heteroatoms. The predicted molar refractivity (Wildman–Crippen MR) is 97.7 cm³/mol. The van der Waals surface area contributed by atoms with Gasteiger partial charge in [-0.05, 0) is 48.2 Å². The maximum atomic E-state index is 10.6. The normalized spacial score (nSPS) is 19.3. The van der Waals surface area contributed by atoms with E-state index < -0.39 is 0 Å². The Kier molecular flexibility index (Phi) is 4.28. The second-order valence-electron chi connectivity index (χ2n) is 6.58. The highest BCUT2D eigenvalue weighted by Crippen LogP contribution is 2.29. The van der Waals surface area contributed by atoms with Gasteiger partial charge in [-0.25, -0.2) is 0 Å². The molecule has 1 aliphatic rings. The van der Waals surface area contributed by atoms with Gasteiger partial charge in [0.1, 0.15) is 0 Å². The molecule has 2 unspecified atom stereocenters. The maximum absolute atomic E-state index is 10.6. The van der Waals surface area contributed by atoms with Crippen LogP contribution in [0.15, 0.2) is 60.8 Å². The van der Waals surface area contributed by atoms with E-state index in [1.807, 2.05) is 12.3 Å². The monoisotopic (exact) mass is 318 g/mol. The molecular formula is C21H22N2O. The van der Waals surface area contributed by atoms with Gasteiger partial charge in [-0.3, -0.25) is 4.98 Å². The van der Waals surface area contributed by atoms with Crippen molar-refractivity contribution in [1.29, 1.82) is 0 Å². The molecule has 1 saturated heterocycles. The molecule has 3 aromatic rings. The standard InChI is InChI=1S/C21H22N2O/c24-21(19-4-1-11-22-14-19)17-8-5-15(6-9-17)18-10-7-16-3-2-12-23-20(16)13-18/h2-3,5-10,12-13,19,21-22,24H,1,4,11,14H2. The fourth-order valence-electron chi connectivity index (χ4n) is 3.54. The molecule has 2 atom stereocenters. The third-order valence-electron chi connectivity index (χ3n) is 4.97. The molecule has 1 fully saturated rings. The molecule has 0 radical (unpaired) electrons. The van der Waals surface area contributed by atoms with Crippen LogP contribution in [0.3, 0.4) is 0 Å². The van der Waals surface area contributed by atoms with E-state index in [0.29, 0.717) is 5.92 Å². The Bertz CT molecular complexity index is 823. The summed E-state index contributed by atoms with van der Waals surface area (Å²) in [6.45, 7) is 1.97. The highest BCUT2D eigenvalue weighted by Gasteiger charge is 2.22. The summed E-state index contributed by atoms with van der Waals surface area (Å²) in [5, 5.41) is 15.1. The van der Waals surface area contributed by atoms with Gasteiger partial charge in [-0.15, -0.1) is 0 Å². The molecular weight excluding hydrogens is 296 g/mol. The van der Waals surface area contributed by atoms with E-state index in [2.05, 4.69) is 58.8 Å². The summed E-state index contributed by atoms with van der Waals surface area (Å²) in [4.78, 5) is 4.43. The summed E-state index contributed by atoms with van der Waals surface area (Å²) in [7, 11) is 0. The van der Waals surface area contributed by atoms with Crippen LogP contribution in [-0.2, 0) is 0 Å². The highest BCUT2D eigenvalue weighted by molar-refractivity contribution is 5.84. The molecule has 0 spiro atoms. The van der Waals surface area contributed by atoms with Crippen molar-refractivity contribution in [2.75, 3.05) is 13.1 Å². The fraction of sp³-hybridized carbons (Fsp3) is 0.286. The molecule has 4 rings (SSSR count). The number of piperidine rings is 1. The number of fused-ring (bicyclic) bond motifs is 1. The summed E-state index contributed by atoms with van der Waals surface area (Å²) in [6, 6.07) is 18.7. The Morgan fingerprint density at radius 1 is 1.04 bits per heavy atom. The van der Waals surface area contributed by atoms with E-state index in [4.69, 9.17) is 0 Å². The van der Waals surface area contributed by atoms with Crippen LogP contribution in [-0.4, -0.2) is 23.2 Å². The van der Waals surface area contributed by atoms with Crippen LogP contribution < -0.4 is 5.32 Å². The molecule has 0 bridgehead atoms. The SMILES string of the molecule is OC(c1ccc(-c2ccc3cccnc3c2)cc1)C1CCCNC1. The molecule has 24 heavy (non-hydrogen) atoms. The van der Waals surface area contributed by atoms with E-state index in [-0.39, 0.29) is 6.10 Å². The number of pyridine rings is 1. The number of hydrogen-bond acceptors (Lipinski definition) is 3. The quantitative estimate of drug-likeness (QED) is 0.769. The number of aliphatic hydroxyl groups is 1. The van der Waals surface area contributed by atoms with Crippen LogP contribution in [0.2, 0.25) is 0 Å². The zero-order chi connectivity index (χ0) is 16.4. The largest absolute Gasteiger partial charge is 0.388 e. The van der Waals surface area contributed by atoms with Crippen molar-refractivity contribution in [3.63, 3.8) is 0 Å². The van der Waals surface area contributed by atoms with Gasteiger partial charge in [0.25, 0.3) is 0 Å². The number of nitrogens with one attached hydrogen (secondary N) is 1. The van der Waals surface area contributed by atoms with Crippen molar-refractivity contribution in [2.45, 2.75) is 18.9 Å². The molecule has 0 amide bonds. The Hall–Kier alpha value is -2.23. The van der Waals surface area contributed by atoms with Crippen LogP contribution in [0, 0.1) is 5.92 Å². The third-order valence-corrected chi connectivity index (χ3v) is 4.97. The van der Waals surface area contributed by atoms with Gasteiger partial charge >= 0.3 is 0 Å². The first-order valence-corrected chi connectivity index (χ1v) is 8.65. The van der Waals surface area contributed by atoms with Crippen LogP contribution in [0.5, 0.6) is 0 Å². The van der Waals surface area contributed by atoms with Crippen LogP contribution >= 0.6 is 0 Å². The average molecular weight is 318 g/mol. The van der Waals surface area contributed by atoms with Gasteiger partial charge in [0, 0.05) is 24.0 Å². The number of benzene rings is 2. The van der Waals surface area contributed by atoms with E-state index in [9.17, 15) is 5.11 Å². The number of aliphatic hydroxyl groups excluding tert-OH is 1. The minimum Gasteiger partial charge on any atom is -0.388 e. The summed E-state index contributed by atoms with van der Waals surface area (Å²) < 4.78 is 0. The van der Waals surface area contributed by atoms with Gasteiger partial charge in [-0.1, -0.05) is 42.5 Å². The zero-order valence-electron chi connectivity index (χ0n) is 13.7. The summed E-state index contributed by atoms with van der Waals surface area (Å²) >= 11 is 0. The highest BCUT2D eigenvalue weighted by atomic mass is 16.3. The molecule has 2 heterocycles. The lowest BCUT2D eigenvalue weighted by Crippen LogP contribution is -2.33. The Balaban J connectivity index is 1.58. The fourth-order valence-corrected chi connectivity index (χ4v) is 3.54. The number of hydrogen-bond donors (Lipinski definition) is 2. The first kappa shape index (κ1) is 15.3. The molecule has 2 aromatic carbocycles. The lowest BCUT2D eigenvalue weighted by Gasteiger charge is -2.27. The van der Waals surface area contributed by atoms with E-state index in [1.165, 1.54) is 0 Å². The molecule has 1 aliphatic heterocycles. The minimum absolute atomic E-state index is 0.314. The van der Waals surface area contributed by atoms with Gasteiger partial charge in [0.15, 0.2) is 0 Å². The summed E-state index contributed by atoms with van der Waals surface area (Å²) in [6.07, 6.45) is 3.67. The van der Waals surface area contributed by atoms with Gasteiger partial charge in [0.05, 0.1) is 11.6 Å². The molecule has 0 saturated carbocycles. The van der Waals surface area contributed by atoms with Gasteiger partial charge < -0.3 is 10.4 Å². The number of nitrogens with zero attached hydrogens (tertiary/aromatic N) is 1. The van der Waals surface area contributed by atoms with Crippen molar-refractivity contribution >= 4 is 10.9 Å². The number of rotatable bonds is 3. The van der Waals surface area contributed by atoms with Gasteiger partial charge in [-0.2, -0.15) is 0 Å². The van der Waals surface area contributed by atoms with Crippen molar-refractivity contribution in [3.05, 3.63) is 66.4 Å². The summed E-state index contributed by atoms with van der Waals surface area (Å²) in [5.74, 6) is 0.314. The van der Waals surface area contributed by atoms with Crippen molar-refractivity contribution in [1.82, 2.24) is 10.3 Å². The minimum atomic E-state index is -0.384. The molecule has 0 aliphatic carbocycles. The predicted octanol–water partition coefficient (Wildman–Crippen LogP) is 3.93. The average Bonchev–Trinajstić information content (AvgIpc) is 2.68. The van der Waals surface area contributed by atoms with Crippen molar-refractivity contribution in [3.8, 4) is 11.1 Å².